The van der Waals surface area contributed by atoms with Crippen LogP contribution in [0.5, 0.6) is 11.6 Å². The lowest BCUT2D eigenvalue weighted by Crippen LogP contribution is -2.49. The molecule has 3 aromatic heterocycles. The molecule has 2 aromatic carbocycles. The predicted molar refractivity (Wildman–Crippen MR) is 221 cm³/mol. The fraction of sp³-hybridized carbons (Fsp3) is 0.370. The monoisotopic (exact) mass is 780 g/mol. The smallest absolute Gasteiger partial charge is 0.259 e. The lowest BCUT2D eigenvalue weighted by atomic mass is 9.81. The van der Waals surface area contributed by atoms with Crippen LogP contribution < -0.4 is 14.8 Å². The second kappa shape index (κ2) is 16.1. The summed E-state index contributed by atoms with van der Waals surface area (Å²) in [7, 11) is 0. The van der Waals surface area contributed by atoms with Gasteiger partial charge in [-0.05, 0) is 93.3 Å². The highest BCUT2D eigenvalue weighted by atomic mass is 16.5. The number of fused-ring (bicyclic) bond motifs is 4. The van der Waals surface area contributed by atoms with Gasteiger partial charge in [0.2, 0.25) is 17.7 Å². The molecule has 1 unspecified atom stereocenters. The number of nitrogens with zero attached hydrogens (tertiary/aromatic N) is 4. The second-order valence-electron chi connectivity index (χ2n) is 15.9. The van der Waals surface area contributed by atoms with Crippen LogP contribution in [0, 0.1) is 5.92 Å². The molecule has 298 valence electrons. The predicted octanol–water partition coefficient (Wildman–Crippen LogP) is 7.41. The van der Waals surface area contributed by atoms with Crippen LogP contribution in [0.15, 0.2) is 92.0 Å². The van der Waals surface area contributed by atoms with Gasteiger partial charge in [0.25, 0.3) is 5.91 Å². The molecule has 9 rings (SSSR count). The molecule has 2 saturated heterocycles. The lowest BCUT2D eigenvalue weighted by molar-refractivity contribution is -0.144. The quantitative estimate of drug-likeness (QED) is 0.118. The number of piperidine rings is 2. The highest BCUT2D eigenvalue weighted by molar-refractivity contribution is 6.10. The van der Waals surface area contributed by atoms with Gasteiger partial charge in [-0.25, -0.2) is 4.98 Å². The van der Waals surface area contributed by atoms with Crippen LogP contribution in [0.4, 0.5) is 0 Å². The van der Waals surface area contributed by atoms with Crippen LogP contribution in [0.2, 0.25) is 0 Å². The van der Waals surface area contributed by atoms with Crippen molar-refractivity contribution in [3.63, 3.8) is 0 Å². The zero-order valence-corrected chi connectivity index (χ0v) is 32.6. The Balaban J connectivity index is 0.643. The van der Waals surface area contributed by atoms with Crippen LogP contribution in [0.3, 0.4) is 0 Å². The number of hydrogen-bond acceptors (Lipinski definition) is 8. The van der Waals surface area contributed by atoms with Gasteiger partial charge >= 0.3 is 0 Å². The average molecular weight is 781 g/mol. The maximum atomic E-state index is 13.2. The van der Waals surface area contributed by atoms with Crippen molar-refractivity contribution < 1.29 is 28.6 Å². The van der Waals surface area contributed by atoms with Crippen molar-refractivity contribution in [3.05, 3.63) is 103 Å². The maximum Gasteiger partial charge on any atom is 0.259 e. The molecule has 0 spiro atoms. The third kappa shape index (κ3) is 7.56. The third-order valence-corrected chi connectivity index (χ3v) is 12.1. The molecule has 1 saturated carbocycles. The summed E-state index contributed by atoms with van der Waals surface area (Å²) >= 11 is 0. The molecule has 3 amide bonds. The first kappa shape index (κ1) is 37.6. The van der Waals surface area contributed by atoms with Gasteiger partial charge in [0, 0.05) is 107 Å². The fourth-order valence-electron chi connectivity index (χ4n) is 8.70. The molecule has 1 atom stereocenters. The Bertz CT molecular complexity index is 2390. The molecule has 6 heterocycles. The largest absolute Gasteiger partial charge is 0.494 e. The molecule has 12 heteroatoms. The number of rotatable bonds is 13. The van der Waals surface area contributed by atoms with Crippen molar-refractivity contribution in [1.29, 1.82) is 0 Å². The number of amides is 3. The highest BCUT2D eigenvalue weighted by Crippen LogP contribution is 2.39. The first-order chi connectivity index (χ1) is 28.3. The number of aromatic nitrogens is 3. The van der Waals surface area contributed by atoms with Crippen LogP contribution in [-0.2, 0) is 14.3 Å². The third-order valence-electron chi connectivity index (χ3n) is 12.1. The molecule has 0 radical (unpaired) electrons. The van der Waals surface area contributed by atoms with Crippen LogP contribution >= 0.6 is 0 Å². The molecule has 2 N–H and O–H groups in total. The Morgan fingerprint density at radius 3 is 2.47 bits per heavy atom. The number of benzene rings is 2. The standard InChI is InChI=1S/C46H48N6O6/c1-28-42(11-12-43(53)49-28)52-29(2)38-25-34(8-10-37(38)46(52)55)57-21-5-3-4-20-56-33-15-18-51(19-16-33)45(54)32-22-35(23-32)58-44-13-7-31(26-48-44)30-6-9-36-39-27-47-17-14-40(39)50-41(36)24-30/h6-10,13-14,17,24-27,32-33,35,42,50H,1-5,11-12,15-16,18-23H2,(H,49,53). The Morgan fingerprint density at radius 2 is 1.66 bits per heavy atom. The number of aromatic amines is 1. The molecular weight excluding hydrogens is 733 g/mol. The van der Waals surface area contributed by atoms with Crippen LogP contribution in [-0.4, -0.2) is 87.0 Å². The summed E-state index contributed by atoms with van der Waals surface area (Å²) < 4.78 is 18.4. The number of nitrogens with one attached hydrogen (secondary N) is 2. The van der Waals surface area contributed by atoms with E-state index in [4.69, 9.17) is 14.2 Å². The zero-order chi connectivity index (χ0) is 39.8. The van der Waals surface area contributed by atoms with Gasteiger partial charge in [0.05, 0.1) is 18.8 Å². The summed E-state index contributed by atoms with van der Waals surface area (Å²) in [6.45, 7) is 10.9. The first-order valence-corrected chi connectivity index (χ1v) is 20.5. The van der Waals surface area contributed by atoms with Gasteiger partial charge in [-0.3, -0.25) is 24.3 Å². The lowest BCUT2D eigenvalue weighted by Gasteiger charge is -2.39. The first-order valence-electron chi connectivity index (χ1n) is 20.5. The van der Waals surface area contributed by atoms with E-state index in [0.29, 0.717) is 67.5 Å². The van der Waals surface area contributed by atoms with Crippen molar-refractivity contribution in [2.75, 3.05) is 26.3 Å². The zero-order valence-electron chi connectivity index (χ0n) is 32.6. The minimum Gasteiger partial charge on any atom is -0.494 e. The van der Waals surface area contributed by atoms with E-state index >= 15 is 0 Å². The Hall–Kier alpha value is -6.01. The average Bonchev–Trinajstić information content (AvgIpc) is 3.72. The van der Waals surface area contributed by atoms with Gasteiger partial charge in [-0.2, -0.15) is 0 Å². The van der Waals surface area contributed by atoms with Crippen molar-refractivity contribution in [2.45, 2.75) is 76.0 Å². The molecule has 58 heavy (non-hydrogen) atoms. The van der Waals surface area contributed by atoms with E-state index in [1.54, 1.807) is 17.2 Å². The number of hydrogen-bond donors (Lipinski definition) is 2. The molecular formula is C46H48N6O6. The number of carbonyl (C=O) groups is 3. The Morgan fingerprint density at radius 1 is 0.828 bits per heavy atom. The van der Waals surface area contributed by atoms with E-state index in [1.807, 2.05) is 47.6 Å². The fourth-order valence-corrected chi connectivity index (χ4v) is 8.70. The van der Waals surface area contributed by atoms with E-state index in [-0.39, 0.29) is 41.9 Å². The van der Waals surface area contributed by atoms with Gasteiger partial charge in [0.1, 0.15) is 11.9 Å². The molecule has 3 aliphatic heterocycles. The summed E-state index contributed by atoms with van der Waals surface area (Å²) in [5.41, 5.74) is 6.69. The number of likely N-dealkylation sites (tertiary alicyclic amines) is 1. The molecule has 5 aromatic rings. The Labute approximate surface area is 337 Å². The molecule has 4 aliphatic rings. The summed E-state index contributed by atoms with van der Waals surface area (Å²) in [4.78, 5) is 54.1. The van der Waals surface area contributed by atoms with Crippen molar-refractivity contribution >= 4 is 45.2 Å². The topological polar surface area (TPSA) is 139 Å². The van der Waals surface area contributed by atoms with Gasteiger partial charge in [-0.15, -0.1) is 0 Å². The highest BCUT2D eigenvalue weighted by Gasteiger charge is 2.40. The van der Waals surface area contributed by atoms with Crippen LogP contribution in [0.1, 0.15) is 73.7 Å². The Kier molecular flexibility index (Phi) is 10.4. The summed E-state index contributed by atoms with van der Waals surface area (Å²) in [6.07, 6.45) is 12.5. The molecule has 12 nitrogen and oxygen atoms in total. The minimum atomic E-state index is -0.304. The second-order valence-corrected chi connectivity index (χ2v) is 15.9. The number of ether oxygens (including phenoxy) is 3. The number of pyridine rings is 2. The maximum absolute atomic E-state index is 13.2. The molecule has 3 fully saturated rings. The van der Waals surface area contributed by atoms with E-state index < -0.39 is 0 Å². The summed E-state index contributed by atoms with van der Waals surface area (Å²) in [5, 5.41) is 5.02. The SMILES string of the molecule is C=C1NC(=O)CCC1N1C(=C)c2cc(OCCCCCOC3CCN(C(=O)C4CC(Oc5ccc(-c6ccc7c(c6)[nH]c6ccncc67)cn5)C4)CC3)ccc2C1=O. The van der Waals surface area contributed by atoms with Gasteiger partial charge in [-0.1, -0.05) is 25.3 Å². The van der Waals surface area contributed by atoms with Crippen molar-refractivity contribution in [3.8, 4) is 22.8 Å². The summed E-state index contributed by atoms with van der Waals surface area (Å²) in [6, 6.07) is 17.5. The van der Waals surface area contributed by atoms with Crippen LogP contribution in [0.25, 0.3) is 38.6 Å². The summed E-state index contributed by atoms with van der Waals surface area (Å²) in [5.74, 6) is 1.31. The minimum absolute atomic E-state index is 0.0000468. The van der Waals surface area contributed by atoms with Gasteiger partial charge < -0.3 is 29.4 Å². The molecule has 1 aliphatic carbocycles. The number of carbonyl (C=O) groups excluding carboxylic acids is 3. The van der Waals surface area contributed by atoms with E-state index in [1.165, 1.54) is 0 Å². The van der Waals surface area contributed by atoms with E-state index in [2.05, 4.69) is 51.6 Å². The number of H-pyrrole nitrogens is 1. The van der Waals surface area contributed by atoms with Crippen molar-refractivity contribution in [2.24, 2.45) is 5.92 Å². The van der Waals surface area contributed by atoms with E-state index in [0.717, 1.165) is 83.7 Å². The molecule has 0 bridgehead atoms. The van der Waals surface area contributed by atoms with E-state index in [9.17, 15) is 14.4 Å². The van der Waals surface area contributed by atoms with Gasteiger partial charge in [0.15, 0.2) is 0 Å². The van der Waals surface area contributed by atoms with Crippen molar-refractivity contribution in [1.82, 2.24) is 30.1 Å². The normalized spacial score (nSPS) is 21.0. The number of unbranched alkanes of at least 4 members (excludes halogenated alkanes) is 2.